The van der Waals surface area contributed by atoms with Crippen molar-refractivity contribution in [1.29, 1.82) is 0 Å². The lowest BCUT2D eigenvalue weighted by atomic mass is 10.1. The molecule has 1 aromatic carbocycles. The van der Waals surface area contributed by atoms with E-state index in [4.69, 9.17) is 10.5 Å². The standard InChI is InChI=1S/C15H19N3O/c1-19-14-4-2-3-11(7-14)8-15-17-10-13-9-12(16)5-6-18(13)15/h2-4,7,10,12H,5-6,8-9,16H2,1H3. The highest BCUT2D eigenvalue weighted by atomic mass is 16.5. The number of ether oxygens (including phenoxy) is 1. The van der Waals surface area contributed by atoms with Gasteiger partial charge in [0.2, 0.25) is 0 Å². The van der Waals surface area contributed by atoms with Crippen LogP contribution in [0.25, 0.3) is 0 Å². The molecule has 0 bridgehead atoms. The smallest absolute Gasteiger partial charge is 0.119 e. The van der Waals surface area contributed by atoms with Crippen molar-refractivity contribution >= 4 is 0 Å². The fourth-order valence-electron chi connectivity index (χ4n) is 2.66. The molecule has 19 heavy (non-hydrogen) atoms. The normalized spacial score (nSPS) is 18.1. The highest BCUT2D eigenvalue weighted by Gasteiger charge is 2.18. The molecule has 0 aliphatic carbocycles. The second-order valence-electron chi connectivity index (χ2n) is 5.10. The number of benzene rings is 1. The Kier molecular flexibility index (Phi) is 3.25. The zero-order chi connectivity index (χ0) is 13.2. The topological polar surface area (TPSA) is 53.1 Å². The number of nitrogens with zero attached hydrogens (tertiary/aromatic N) is 2. The predicted octanol–water partition coefficient (Wildman–Crippen LogP) is 1.76. The summed E-state index contributed by atoms with van der Waals surface area (Å²) in [5.41, 5.74) is 8.48. The van der Waals surface area contributed by atoms with Gasteiger partial charge in [-0.25, -0.2) is 4.98 Å². The van der Waals surface area contributed by atoms with Crippen LogP contribution < -0.4 is 10.5 Å². The second kappa shape index (κ2) is 5.05. The van der Waals surface area contributed by atoms with Crippen LogP contribution in [0.15, 0.2) is 30.5 Å². The van der Waals surface area contributed by atoms with Crippen molar-refractivity contribution in [1.82, 2.24) is 9.55 Å². The molecule has 0 saturated carbocycles. The molecular formula is C15H19N3O. The van der Waals surface area contributed by atoms with Crippen LogP contribution in [-0.4, -0.2) is 22.7 Å². The van der Waals surface area contributed by atoms with Gasteiger partial charge >= 0.3 is 0 Å². The van der Waals surface area contributed by atoms with E-state index >= 15 is 0 Å². The highest BCUT2D eigenvalue weighted by Crippen LogP contribution is 2.20. The Morgan fingerprint density at radius 3 is 3.21 bits per heavy atom. The van der Waals surface area contributed by atoms with Crippen molar-refractivity contribution in [2.45, 2.75) is 31.8 Å². The molecule has 0 amide bonds. The number of hydrogen-bond donors (Lipinski definition) is 1. The van der Waals surface area contributed by atoms with E-state index in [1.807, 2.05) is 18.3 Å². The van der Waals surface area contributed by atoms with Gasteiger partial charge in [0.05, 0.1) is 7.11 Å². The molecule has 4 nitrogen and oxygen atoms in total. The minimum Gasteiger partial charge on any atom is -0.497 e. The summed E-state index contributed by atoms with van der Waals surface area (Å²) in [6.45, 7) is 0.982. The quantitative estimate of drug-likeness (QED) is 0.911. The molecule has 1 aliphatic rings. The van der Waals surface area contributed by atoms with Crippen LogP contribution in [-0.2, 0) is 19.4 Å². The first-order chi connectivity index (χ1) is 9.26. The molecule has 1 unspecified atom stereocenters. The van der Waals surface area contributed by atoms with Crippen LogP contribution in [0.1, 0.15) is 23.5 Å². The van der Waals surface area contributed by atoms with Gasteiger partial charge in [0, 0.05) is 37.3 Å². The number of aromatic nitrogens is 2. The van der Waals surface area contributed by atoms with E-state index in [1.54, 1.807) is 7.11 Å². The van der Waals surface area contributed by atoms with Crippen LogP contribution in [0.2, 0.25) is 0 Å². The van der Waals surface area contributed by atoms with Crippen LogP contribution in [0.4, 0.5) is 0 Å². The van der Waals surface area contributed by atoms with E-state index in [0.717, 1.165) is 37.4 Å². The van der Waals surface area contributed by atoms with Gasteiger partial charge in [-0.05, 0) is 24.1 Å². The van der Waals surface area contributed by atoms with E-state index in [0.29, 0.717) is 0 Å². The van der Waals surface area contributed by atoms with Crippen LogP contribution in [0.5, 0.6) is 5.75 Å². The van der Waals surface area contributed by atoms with E-state index in [1.165, 1.54) is 11.3 Å². The first kappa shape index (κ1) is 12.2. The van der Waals surface area contributed by atoms with Gasteiger partial charge in [0.25, 0.3) is 0 Å². The minimum atomic E-state index is 0.286. The molecule has 0 radical (unpaired) electrons. The zero-order valence-corrected chi connectivity index (χ0v) is 11.2. The largest absolute Gasteiger partial charge is 0.497 e. The van der Waals surface area contributed by atoms with Gasteiger partial charge < -0.3 is 15.0 Å². The summed E-state index contributed by atoms with van der Waals surface area (Å²) in [5, 5.41) is 0. The Balaban J connectivity index is 1.84. The summed E-state index contributed by atoms with van der Waals surface area (Å²) in [5.74, 6) is 2.01. The molecule has 2 aromatic rings. The molecule has 2 N–H and O–H groups in total. The zero-order valence-electron chi connectivity index (χ0n) is 11.2. The highest BCUT2D eigenvalue weighted by molar-refractivity contribution is 5.30. The molecule has 0 fully saturated rings. The summed E-state index contributed by atoms with van der Waals surface area (Å²) in [4.78, 5) is 4.55. The van der Waals surface area contributed by atoms with Gasteiger partial charge in [0.1, 0.15) is 11.6 Å². The first-order valence-electron chi connectivity index (χ1n) is 6.68. The lowest BCUT2D eigenvalue weighted by molar-refractivity contribution is 0.414. The van der Waals surface area contributed by atoms with E-state index < -0.39 is 0 Å². The third kappa shape index (κ3) is 2.49. The van der Waals surface area contributed by atoms with Crippen molar-refractivity contribution in [3.05, 3.63) is 47.5 Å². The van der Waals surface area contributed by atoms with Gasteiger partial charge in [0.15, 0.2) is 0 Å². The number of hydrogen-bond acceptors (Lipinski definition) is 3. The molecule has 0 saturated heterocycles. The molecule has 100 valence electrons. The molecular weight excluding hydrogens is 238 g/mol. The van der Waals surface area contributed by atoms with E-state index in [2.05, 4.69) is 21.7 Å². The van der Waals surface area contributed by atoms with Gasteiger partial charge in [-0.1, -0.05) is 12.1 Å². The molecule has 2 heterocycles. The molecule has 3 rings (SSSR count). The number of fused-ring (bicyclic) bond motifs is 1. The Hall–Kier alpha value is -1.81. The number of imidazole rings is 1. The lowest BCUT2D eigenvalue weighted by Crippen LogP contribution is -2.31. The summed E-state index contributed by atoms with van der Waals surface area (Å²) in [6, 6.07) is 8.44. The SMILES string of the molecule is COc1cccc(Cc2ncc3n2CCC(N)C3)c1. The average Bonchev–Trinajstić information content (AvgIpc) is 2.81. The number of methoxy groups -OCH3 is 1. The third-order valence-corrected chi connectivity index (χ3v) is 3.71. The summed E-state index contributed by atoms with van der Waals surface area (Å²) in [6.07, 6.45) is 4.78. The second-order valence-corrected chi connectivity index (χ2v) is 5.10. The average molecular weight is 257 g/mol. The van der Waals surface area contributed by atoms with Gasteiger partial charge in [-0.15, -0.1) is 0 Å². The maximum absolute atomic E-state index is 5.99. The maximum Gasteiger partial charge on any atom is 0.119 e. The van der Waals surface area contributed by atoms with Gasteiger partial charge in [-0.2, -0.15) is 0 Å². The molecule has 1 atom stereocenters. The van der Waals surface area contributed by atoms with Crippen molar-refractivity contribution < 1.29 is 4.74 Å². The summed E-state index contributed by atoms with van der Waals surface area (Å²) < 4.78 is 7.57. The van der Waals surface area contributed by atoms with Crippen molar-refractivity contribution in [2.24, 2.45) is 5.73 Å². The Morgan fingerprint density at radius 2 is 2.37 bits per heavy atom. The molecule has 1 aromatic heterocycles. The Bertz CT molecular complexity index is 577. The van der Waals surface area contributed by atoms with E-state index in [9.17, 15) is 0 Å². The number of nitrogens with two attached hydrogens (primary N) is 1. The van der Waals surface area contributed by atoms with E-state index in [-0.39, 0.29) is 6.04 Å². The van der Waals surface area contributed by atoms with Gasteiger partial charge in [-0.3, -0.25) is 0 Å². The predicted molar refractivity (Wildman–Crippen MR) is 74.3 cm³/mol. The summed E-state index contributed by atoms with van der Waals surface area (Å²) in [7, 11) is 1.69. The molecule has 0 spiro atoms. The Morgan fingerprint density at radius 1 is 1.47 bits per heavy atom. The van der Waals surface area contributed by atoms with Crippen molar-refractivity contribution in [2.75, 3.05) is 7.11 Å². The van der Waals surface area contributed by atoms with Crippen molar-refractivity contribution in [3.63, 3.8) is 0 Å². The first-order valence-corrected chi connectivity index (χ1v) is 6.68. The maximum atomic E-state index is 5.99. The lowest BCUT2D eigenvalue weighted by Gasteiger charge is -2.21. The van der Waals surface area contributed by atoms with Crippen LogP contribution >= 0.6 is 0 Å². The minimum absolute atomic E-state index is 0.286. The summed E-state index contributed by atoms with van der Waals surface area (Å²) >= 11 is 0. The third-order valence-electron chi connectivity index (χ3n) is 3.71. The Labute approximate surface area is 113 Å². The molecule has 4 heteroatoms. The van der Waals surface area contributed by atoms with Crippen LogP contribution in [0.3, 0.4) is 0 Å². The fourth-order valence-corrected chi connectivity index (χ4v) is 2.66. The molecule has 1 aliphatic heterocycles. The fraction of sp³-hybridized carbons (Fsp3) is 0.400. The monoisotopic (exact) mass is 257 g/mol. The number of rotatable bonds is 3. The van der Waals surface area contributed by atoms with Crippen molar-refractivity contribution in [3.8, 4) is 5.75 Å². The van der Waals surface area contributed by atoms with Crippen LogP contribution in [0, 0.1) is 0 Å².